The number of hydrogen-bond donors (Lipinski definition) is 1. The molecule has 3 nitrogen and oxygen atoms in total. The molecule has 1 aliphatic rings. The molecule has 4 heteroatoms. The highest BCUT2D eigenvalue weighted by Gasteiger charge is 2.26. The van der Waals surface area contributed by atoms with Crippen molar-refractivity contribution in [1.82, 2.24) is 10.2 Å². The fourth-order valence-corrected chi connectivity index (χ4v) is 4.36. The van der Waals surface area contributed by atoms with Gasteiger partial charge in [-0.15, -0.1) is 11.3 Å². The van der Waals surface area contributed by atoms with Gasteiger partial charge in [0.2, 0.25) is 5.91 Å². The Kier molecular flexibility index (Phi) is 4.83. The summed E-state index contributed by atoms with van der Waals surface area (Å²) >= 11 is 1.83. The van der Waals surface area contributed by atoms with Gasteiger partial charge in [0.25, 0.3) is 0 Å². The summed E-state index contributed by atoms with van der Waals surface area (Å²) in [7, 11) is 0. The second-order valence-corrected chi connectivity index (χ2v) is 7.34. The third-order valence-corrected chi connectivity index (χ3v) is 5.78. The largest absolute Gasteiger partial charge is 0.348 e. The summed E-state index contributed by atoms with van der Waals surface area (Å²) in [6.45, 7) is 7.76. The summed E-state index contributed by atoms with van der Waals surface area (Å²) in [4.78, 5) is 16.2. The first-order valence-electron chi connectivity index (χ1n) is 8.21. The fourth-order valence-electron chi connectivity index (χ4n) is 3.40. The highest BCUT2D eigenvalue weighted by atomic mass is 32.1. The molecule has 1 N–H and O–H groups in total. The molecule has 0 aliphatic carbocycles. The van der Waals surface area contributed by atoms with Gasteiger partial charge >= 0.3 is 0 Å². The van der Waals surface area contributed by atoms with Crippen molar-refractivity contribution >= 4 is 17.2 Å². The molecule has 0 radical (unpaired) electrons. The van der Waals surface area contributed by atoms with Gasteiger partial charge in [0.05, 0.1) is 12.6 Å². The number of benzene rings is 1. The van der Waals surface area contributed by atoms with Crippen LogP contribution in [0.5, 0.6) is 0 Å². The molecule has 0 bridgehead atoms. The van der Waals surface area contributed by atoms with E-state index in [0.29, 0.717) is 12.6 Å². The number of carbonyl (C=O) groups excluding carboxylic acids is 1. The number of amides is 1. The van der Waals surface area contributed by atoms with E-state index in [9.17, 15) is 4.79 Å². The molecule has 1 aromatic carbocycles. The smallest absolute Gasteiger partial charge is 0.234 e. The first kappa shape index (κ1) is 16.2. The second kappa shape index (κ2) is 6.85. The fraction of sp³-hybridized carbons (Fsp3) is 0.421. The summed E-state index contributed by atoms with van der Waals surface area (Å²) in [5.74, 6) is 0.103. The van der Waals surface area contributed by atoms with Crippen molar-refractivity contribution in [2.75, 3.05) is 13.1 Å². The first-order valence-corrected chi connectivity index (χ1v) is 9.09. The zero-order chi connectivity index (χ0) is 16.4. The van der Waals surface area contributed by atoms with Gasteiger partial charge in [0.1, 0.15) is 0 Å². The Morgan fingerprint density at radius 3 is 2.96 bits per heavy atom. The van der Waals surface area contributed by atoms with Gasteiger partial charge in [0, 0.05) is 17.5 Å². The summed E-state index contributed by atoms with van der Waals surface area (Å²) in [6, 6.07) is 10.8. The maximum atomic E-state index is 12.5. The van der Waals surface area contributed by atoms with Crippen molar-refractivity contribution in [3.63, 3.8) is 0 Å². The van der Waals surface area contributed by atoms with Crippen LogP contribution in [0.1, 0.15) is 47.5 Å². The van der Waals surface area contributed by atoms with Gasteiger partial charge in [-0.05, 0) is 55.3 Å². The number of thiophene rings is 1. The monoisotopic (exact) mass is 328 g/mol. The third kappa shape index (κ3) is 3.48. The Balaban J connectivity index is 1.61. The zero-order valence-electron chi connectivity index (χ0n) is 14.0. The number of nitrogens with zero attached hydrogens (tertiary/aromatic N) is 1. The van der Waals surface area contributed by atoms with Gasteiger partial charge < -0.3 is 5.32 Å². The van der Waals surface area contributed by atoms with E-state index in [0.717, 1.165) is 13.0 Å². The van der Waals surface area contributed by atoms with E-state index in [-0.39, 0.29) is 11.9 Å². The van der Waals surface area contributed by atoms with E-state index in [4.69, 9.17) is 0 Å². The lowest BCUT2D eigenvalue weighted by molar-refractivity contribution is -0.123. The van der Waals surface area contributed by atoms with Crippen molar-refractivity contribution in [3.8, 4) is 0 Å². The summed E-state index contributed by atoms with van der Waals surface area (Å²) < 4.78 is 0. The Hall–Kier alpha value is -1.65. The average Bonchev–Trinajstić information content (AvgIpc) is 3.00. The molecule has 3 rings (SSSR count). The van der Waals surface area contributed by atoms with Crippen LogP contribution in [-0.4, -0.2) is 23.9 Å². The van der Waals surface area contributed by atoms with E-state index >= 15 is 0 Å². The lowest BCUT2D eigenvalue weighted by Crippen LogP contribution is -2.42. The van der Waals surface area contributed by atoms with E-state index in [1.165, 1.54) is 21.6 Å². The van der Waals surface area contributed by atoms with Gasteiger partial charge in [-0.2, -0.15) is 0 Å². The Labute approximate surface area is 142 Å². The maximum absolute atomic E-state index is 12.5. The van der Waals surface area contributed by atoms with Crippen molar-refractivity contribution in [3.05, 3.63) is 57.3 Å². The minimum absolute atomic E-state index is 0.0421. The molecule has 0 saturated heterocycles. The van der Waals surface area contributed by atoms with Gasteiger partial charge in [0.15, 0.2) is 0 Å². The Bertz CT molecular complexity index is 694. The van der Waals surface area contributed by atoms with Crippen molar-refractivity contribution < 1.29 is 4.79 Å². The van der Waals surface area contributed by atoms with Gasteiger partial charge in [-0.3, -0.25) is 9.69 Å². The van der Waals surface area contributed by atoms with Crippen LogP contribution in [0.3, 0.4) is 0 Å². The predicted octanol–water partition coefficient (Wildman–Crippen LogP) is 3.85. The molecule has 0 unspecified atom stereocenters. The van der Waals surface area contributed by atoms with Crippen LogP contribution in [0.25, 0.3) is 0 Å². The van der Waals surface area contributed by atoms with E-state index in [1.807, 2.05) is 23.5 Å². The number of aryl methyl sites for hydroxylation is 1. The molecule has 1 aromatic heterocycles. The van der Waals surface area contributed by atoms with Crippen LogP contribution < -0.4 is 5.32 Å². The SMILES string of the molecule is Cc1ccccc1[C@H](C)NC(=O)CN1CCc2sccc2[C@@H]1C. The lowest BCUT2D eigenvalue weighted by atomic mass is 10.0. The van der Waals surface area contributed by atoms with Crippen molar-refractivity contribution in [2.24, 2.45) is 0 Å². The predicted molar refractivity (Wildman–Crippen MR) is 95.7 cm³/mol. The van der Waals surface area contributed by atoms with Gasteiger partial charge in [-0.25, -0.2) is 0 Å². The van der Waals surface area contributed by atoms with Crippen molar-refractivity contribution in [2.45, 2.75) is 39.3 Å². The molecule has 2 atom stereocenters. The van der Waals surface area contributed by atoms with E-state index < -0.39 is 0 Å². The maximum Gasteiger partial charge on any atom is 0.234 e. The standard InChI is InChI=1S/C19H24N2OS/c1-13-6-4-5-7-16(13)14(2)20-19(22)12-21-10-8-18-17(15(21)3)9-11-23-18/h4-7,9,11,14-15H,8,10,12H2,1-3H3,(H,20,22)/t14-,15-/m0/s1. The minimum Gasteiger partial charge on any atom is -0.348 e. The topological polar surface area (TPSA) is 32.3 Å². The first-order chi connectivity index (χ1) is 11.1. The van der Waals surface area contributed by atoms with Crippen LogP contribution in [0.15, 0.2) is 35.7 Å². The Morgan fingerprint density at radius 2 is 2.17 bits per heavy atom. The second-order valence-electron chi connectivity index (χ2n) is 6.34. The lowest BCUT2D eigenvalue weighted by Gasteiger charge is -2.33. The number of hydrogen-bond acceptors (Lipinski definition) is 3. The molecule has 23 heavy (non-hydrogen) atoms. The number of rotatable bonds is 4. The molecule has 2 heterocycles. The van der Waals surface area contributed by atoms with Crippen LogP contribution in [0.2, 0.25) is 0 Å². The Morgan fingerprint density at radius 1 is 1.39 bits per heavy atom. The molecule has 122 valence electrons. The van der Waals surface area contributed by atoms with Crippen molar-refractivity contribution in [1.29, 1.82) is 0 Å². The zero-order valence-corrected chi connectivity index (χ0v) is 14.8. The quantitative estimate of drug-likeness (QED) is 0.924. The number of fused-ring (bicyclic) bond motifs is 1. The molecule has 1 aliphatic heterocycles. The molecule has 0 saturated carbocycles. The van der Waals surface area contributed by atoms with E-state index in [2.05, 4.69) is 54.6 Å². The highest BCUT2D eigenvalue weighted by molar-refractivity contribution is 7.10. The van der Waals surface area contributed by atoms with Crippen LogP contribution in [0.4, 0.5) is 0 Å². The highest BCUT2D eigenvalue weighted by Crippen LogP contribution is 2.32. The average molecular weight is 328 g/mol. The molecular formula is C19H24N2OS. The molecular weight excluding hydrogens is 304 g/mol. The summed E-state index contributed by atoms with van der Waals surface area (Å²) in [5.41, 5.74) is 3.79. The summed E-state index contributed by atoms with van der Waals surface area (Å²) in [6.07, 6.45) is 1.05. The van der Waals surface area contributed by atoms with Crippen LogP contribution in [-0.2, 0) is 11.2 Å². The molecule has 2 aromatic rings. The molecule has 0 fully saturated rings. The molecule has 0 spiro atoms. The number of carbonyl (C=O) groups is 1. The minimum atomic E-state index is 0.0421. The number of nitrogens with one attached hydrogen (secondary N) is 1. The molecule has 1 amide bonds. The van der Waals surface area contributed by atoms with Crippen LogP contribution in [0, 0.1) is 6.92 Å². The normalized spacial score (nSPS) is 19.2. The van der Waals surface area contributed by atoms with E-state index in [1.54, 1.807) is 0 Å². The third-order valence-electron chi connectivity index (χ3n) is 4.78. The van der Waals surface area contributed by atoms with Crippen LogP contribution >= 0.6 is 11.3 Å². The summed E-state index contributed by atoms with van der Waals surface area (Å²) in [5, 5.41) is 5.30. The van der Waals surface area contributed by atoms with Gasteiger partial charge in [-0.1, -0.05) is 24.3 Å².